The highest BCUT2D eigenvalue weighted by Crippen LogP contribution is 2.16. The number of hydrogen-bond donors (Lipinski definition) is 1. The molecule has 1 aliphatic rings. The Labute approximate surface area is 128 Å². The molecule has 21 heavy (non-hydrogen) atoms. The minimum atomic E-state index is -0.0663. The molecule has 0 spiro atoms. The summed E-state index contributed by atoms with van der Waals surface area (Å²) in [5.74, 6) is -0.0663. The number of halogens is 1. The number of nitrogens with one attached hydrogen (secondary N) is 1. The van der Waals surface area contributed by atoms with E-state index in [0.717, 1.165) is 17.7 Å². The Balaban J connectivity index is 1.85. The first kappa shape index (κ1) is 16.4. The Morgan fingerprint density at radius 3 is 2.57 bits per heavy atom. The highest BCUT2D eigenvalue weighted by Gasteiger charge is 2.16. The van der Waals surface area contributed by atoms with Gasteiger partial charge >= 0.3 is 0 Å². The fraction of sp³-hybridized carbons (Fsp3) is 0.667. The highest BCUT2D eigenvalue weighted by atomic mass is 19.1. The smallest absolute Gasteiger partial charge is 0.129 e. The molecule has 0 radical (unpaired) electrons. The van der Waals surface area contributed by atoms with Crippen molar-refractivity contribution in [3.05, 3.63) is 34.6 Å². The highest BCUT2D eigenvalue weighted by molar-refractivity contribution is 5.30. The van der Waals surface area contributed by atoms with Crippen LogP contribution in [0, 0.1) is 19.7 Å². The summed E-state index contributed by atoms with van der Waals surface area (Å²) in [5, 5.41) is 3.67. The van der Waals surface area contributed by atoms with Crippen LogP contribution in [0.25, 0.3) is 0 Å². The molecule has 1 saturated heterocycles. The van der Waals surface area contributed by atoms with E-state index < -0.39 is 0 Å². The second kappa shape index (κ2) is 7.90. The third kappa shape index (κ3) is 4.79. The van der Waals surface area contributed by atoms with Crippen molar-refractivity contribution < 1.29 is 4.39 Å². The van der Waals surface area contributed by atoms with E-state index in [9.17, 15) is 4.39 Å². The quantitative estimate of drug-likeness (QED) is 0.888. The van der Waals surface area contributed by atoms with E-state index in [-0.39, 0.29) is 5.82 Å². The third-order valence-corrected chi connectivity index (χ3v) is 4.45. The molecule has 1 aliphatic heterocycles. The van der Waals surface area contributed by atoms with Crippen LogP contribution in [0.15, 0.2) is 12.1 Å². The van der Waals surface area contributed by atoms with Crippen LogP contribution in [0.1, 0.15) is 49.3 Å². The van der Waals surface area contributed by atoms with Gasteiger partial charge in [0.25, 0.3) is 0 Å². The van der Waals surface area contributed by atoms with Crippen LogP contribution < -0.4 is 5.32 Å². The summed E-state index contributed by atoms with van der Waals surface area (Å²) in [7, 11) is 0. The molecule has 1 aromatic rings. The van der Waals surface area contributed by atoms with Crippen molar-refractivity contribution in [3.63, 3.8) is 0 Å². The van der Waals surface area contributed by atoms with Gasteiger partial charge < -0.3 is 10.2 Å². The van der Waals surface area contributed by atoms with Crippen molar-refractivity contribution in [1.82, 2.24) is 10.2 Å². The molecule has 1 unspecified atom stereocenters. The zero-order valence-corrected chi connectivity index (χ0v) is 13.7. The maximum absolute atomic E-state index is 13.6. The van der Waals surface area contributed by atoms with Crippen molar-refractivity contribution >= 4 is 0 Å². The molecule has 0 bridgehead atoms. The summed E-state index contributed by atoms with van der Waals surface area (Å²) in [6.45, 7) is 10.5. The van der Waals surface area contributed by atoms with Gasteiger partial charge in [0.1, 0.15) is 5.82 Å². The van der Waals surface area contributed by atoms with Gasteiger partial charge in [-0.3, -0.25) is 0 Å². The normalized spacial score (nSPS) is 20.5. The van der Waals surface area contributed by atoms with Gasteiger partial charge in [-0.05, 0) is 75.9 Å². The second-order valence-electron chi connectivity index (χ2n) is 6.39. The van der Waals surface area contributed by atoms with E-state index in [1.165, 1.54) is 50.9 Å². The molecule has 0 aliphatic carbocycles. The minimum Gasteiger partial charge on any atom is -0.310 e. The number of rotatable bonds is 5. The number of likely N-dealkylation sites (tertiary alicyclic amines) is 1. The van der Waals surface area contributed by atoms with Crippen LogP contribution in [0.5, 0.6) is 0 Å². The van der Waals surface area contributed by atoms with E-state index in [4.69, 9.17) is 0 Å². The van der Waals surface area contributed by atoms with E-state index in [1.54, 1.807) is 0 Å². The van der Waals surface area contributed by atoms with E-state index in [2.05, 4.69) is 17.1 Å². The Kier molecular flexibility index (Phi) is 6.19. The van der Waals surface area contributed by atoms with Crippen LogP contribution >= 0.6 is 0 Å². The molecule has 0 amide bonds. The number of hydrogen-bond acceptors (Lipinski definition) is 2. The maximum atomic E-state index is 13.6. The topological polar surface area (TPSA) is 15.3 Å². The van der Waals surface area contributed by atoms with Gasteiger partial charge in [0.2, 0.25) is 0 Å². The van der Waals surface area contributed by atoms with E-state index in [0.29, 0.717) is 6.04 Å². The van der Waals surface area contributed by atoms with Crippen LogP contribution in [0.3, 0.4) is 0 Å². The van der Waals surface area contributed by atoms with Crippen LogP contribution in [-0.4, -0.2) is 30.6 Å². The molecule has 0 aromatic heterocycles. The molecule has 0 saturated carbocycles. The number of nitrogens with zero attached hydrogens (tertiary/aromatic N) is 1. The lowest BCUT2D eigenvalue weighted by atomic mass is 10.0. The molecule has 1 aromatic carbocycles. The Hall–Kier alpha value is -0.930. The minimum absolute atomic E-state index is 0.0663. The lowest BCUT2D eigenvalue weighted by Crippen LogP contribution is -2.31. The van der Waals surface area contributed by atoms with Gasteiger partial charge in [-0.2, -0.15) is 0 Å². The fourth-order valence-electron chi connectivity index (χ4n) is 3.30. The largest absolute Gasteiger partial charge is 0.310 e. The molecule has 1 fully saturated rings. The Morgan fingerprint density at radius 2 is 1.90 bits per heavy atom. The lowest BCUT2D eigenvalue weighted by Gasteiger charge is -2.19. The van der Waals surface area contributed by atoms with Crippen LogP contribution in [-0.2, 0) is 6.54 Å². The average Bonchev–Trinajstić information content (AvgIpc) is 2.68. The number of benzene rings is 1. The van der Waals surface area contributed by atoms with Crippen molar-refractivity contribution in [3.8, 4) is 0 Å². The molecule has 118 valence electrons. The van der Waals surface area contributed by atoms with Gasteiger partial charge in [0, 0.05) is 12.6 Å². The first-order chi connectivity index (χ1) is 10.1. The summed E-state index contributed by atoms with van der Waals surface area (Å²) in [4.78, 5) is 2.58. The SMILES string of the molecule is CCCN1CCCC(NCc2cc(C)c(F)c(C)c2)CC1. The second-order valence-corrected chi connectivity index (χ2v) is 6.39. The Bertz CT molecular complexity index is 436. The fourth-order valence-corrected chi connectivity index (χ4v) is 3.30. The molecular weight excluding hydrogens is 263 g/mol. The predicted octanol–water partition coefficient (Wildman–Crippen LogP) is 3.80. The van der Waals surface area contributed by atoms with Crippen molar-refractivity contribution in [2.24, 2.45) is 0 Å². The molecular formula is C18H29FN2. The van der Waals surface area contributed by atoms with Gasteiger partial charge in [-0.25, -0.2) is 4.39 Å². The van der Waals surface area contributed by atoms with Gasteiger partial charge in [-0.1, -0.05) is 19.1 Å². The first-order valence-corrected chi connectivity index (χ1v) is 8.31. The molecule has 1 heterocycles. The lowest BCUT2D eigenvalue weighted by molar-refractivity contribution is 0.282. The molecule has 1 atom stereocenters. The summed E-state index contributed by atoms with van der Waals surface area (Å²) in [6.07, 6.45) is 4.99. The van der Waals surface area contributed by atoms with Crippen molar-refractivity contribution in [2.75, 3.05) is 19.6 Å². The maximum Gasteiger partial charge on any atom is 0.129 e. The van der Waals surface area contributed by atoms with E-state index >= 15 is 0 Å². The summed E-state index contributed by atoms with van der Waals surface area (Å²) in [6, 6.07) is 4.53. The predicted molar refractivity (Wildman–Crippen MR) is 87.1 cm³/mol. The number of aryl methyl sites for hydroxylation is 2. The van der Waals surface area contributed by atoms with Crippen molar-refractivity contribution in [2.45, 2.75) is 59.0 Å². The molecule has 2 nitrogen and oxygen atoms in total. The average molecular weight is 292 g/mol. The first-order valence-electron chi connectivity index (χ1n) is 8.31. The van der Waals surface area contributed by atoms with Crippen molar-refractivity contribution in [1.29, 1.82) is 0 Å². The monoisotopic (exact) mass is 292 g/mol. The zero-order chi connectivity index (χ0) is 15.2. The van der Waals surface area contributed by atoms with Gasteiger partial charge in [-0.15, -0.1) is 0 Å². The van der Waals surface area contributed by atoms with E-state index in [1.807, 2.05) is 26.0 Å². The zero-order valence-electron chi connectivity index (χ0n) is 13.7. The van der Waals surface area contributed by atoms with Gasteiger partial charge in [0.15, 0.2) is 0 Å². The Morgan fingerprint density at radius 1 is 1.19 bits per heavy atom. The molecule has 1 N–H and O–H groups in total. The summed E-state index contributed by atoms with van der Waals surface area (Å²) < 4.78 is 13.6. The third-order valence-electron chi connectivity index (χ3n) is 4.45. The van der Waals surface area contributed by atoms with Gasteiger partial charge in [0.05, 0.1) is 0 Å². The van der Waals surface area contributed by atoms with Crippen LogP contribution in [0.4, 0.5) is 4.39 Å². The summed E-state index contributed by atoms with van der Waals surface area (Å²) >= 11 is 0. The standard InChI is InChI=1S/C18H29FN2/c1-4-8-21-9-5-6-17(7-10-21)20-13-16-11-14(2)18(19)15(3)12-16/h11-12,17,20H,4-10,13H2,1-3H3. The van der Waals surface area contributed by atoms with Crippen LogP contribution in [0.2, 0.25) is 0 Å². The molecule has 2 rings (SSSR count). The molecule has 3 heteroatoms. The summed E-state index contributed by atoms with van der Waals surface area (Å²) in [5.41, 5.74) is 2.70.